The molecule has 0 spiro atoms. The zero-order valence-electron chi connectivity index (χ0n) is 9.43. The lowest BCUT2D eigenvalue weighted by Gasteiger charge is -2.30. The van der Waals surface area contributed by atoms with Crippen molar-refractivity contribution in [2.24, 2.45) is 0 Å². The van der Waals surface area contributed by atoms with Crippen LogP contribution in [0.15, 0.2) is 9.85 Å². The van der Waals surface area contributed by atoms with Gasteiger partial charge in [0.15, 0.2) is 0 Å². The lowest BCUT2D eigenvalue weighted by atomic mass is 10.1. The van der Waals surface area contributed by atoms with Gasteiger partial charge in [-0.1, -0.05) is 0 Å². The van der Waals surface area contributed by atoms with Crippen LogP contribution in [0, 0.1) is 0 Å². The molecular formula is C11H14BrN3OS. The van der Waals surface area contributed by atoms with Crippen LogP contribution in [0.3, 0.4) is 0 Å². The van der Waals surface area contributed by atoms with Crippen molar-refractivity contribution < 1.29 is 4.79 Å². The molecule has 3 aliphatic heterocycles. The standard InChI is InChI=1S/C11H14BrN3OS/c12-10-7-9(13-17-10)11(16)15-6-5-14-3-1-8(15)2-4-14/h7-8H,1-6H2. The molecule has 3 saturated heterocycles. The van der Waals surface area contributed by atoms with Crippen LogP contribution in [-0.4, -0.2) is 52.3 Å². The summed E-state index contributed by atoms with van der Waals surface area (Å²) in [4.78, 5) is 16.9. The summed E-state index contributed by atoms with van der Waals surface area (Å²) >= 11 is 4.69. The number of aromatic nitrogens is 1. The highest BCUT2D eigenvalue weighted by Crippen LogP contribution is 2.24. The molecular weight excluding hydrogens is 302 g/mol. The molecule has 4 rings (SSSR count). The van der Waals surface area contributed by atoms with Gasteiger partial charge in [-0.15, -0.1) is 0 Å². The third-order valence-electron chi connectivity index (χ3n) is 3.62. The Hall–Kier alpha value is -0.460. The molecule has 17 heavy (non-hydrogen) atoms. The number of hydrogen-bond donors (Lipinski definition) is 0. The number of hydrogen-bond acceptors (Lipinski definition) is 4. The van der Waals surface area contributed by atoms with E-state index in [1.807, 2.05) is 11.0 Å². The van der Waals surface area contributed by atoms with E-state index in [2.05, 4.69) is 25.2 Å². The molecule has 0 aliphatic carbocycles. The van der Waals surface area contributed by atoms with Crippen molar-refractivity contribution in [3.05, 3.63) is 15.5 Å². The second kappa shape index (κ2) is 4.66. The van der Waals surface area contributed by atoms with Gasteiger partial charge in [-0.2, -0.15) is 4.37 Å². The summed E-state index contributed by atoms with van der Waals surface area (Å²) in [6.45, 7) is 4.12. The fourth-order valence-electron chi connectivity index (χ4n) is 2.65. The normalized spacial score (nSPS) is 28.2. The second-order valence-electron chi connectivity index (χ2n) is 4.59. The molecule has 0 saturated carbocycles. The summed E-state index contributed by atoms with van der Waals surface area (Å²) in [6, 6.07) is 2.24. The molecule has 2 bridgehead atoms. The maximum atomic E-state index is 12.4. The third-order valence-corrected chi connectivity index (χ3v) is 4.86. The Kier molecular flexibility index (Phi) is 3.19. The van der Waals surface area contributed by atoms with Crippen LogP contribution >= 0.6 is 27.5 Å². The van der Waals surface area contributed by atoms with Crippen LogP contribution < -0.4 is 0 Å². The Balaban J connectivity index is 1.81. The average molecular weight is 316 g/mol. The van der Waals surface area contributed by atoms with Gasteiger partial charge in [0.25, 0.3) is 5.91 Å². The number of piperidine rings is 1. The van der Waals surface area contributed by atoms with Crippen molar-refractivity contribution in [2.75, 3.05) is 26.2 Å². The van der Waals surface area contributed by atoms with Gasteiger partial charge < -0.3 is 9.80 Å². The van der Waals surface area contributed by atoms with Gasteiger partial charge in [-0.3, -0.25) is 4.79 Å². The molecule has 1 aromatic heterocycles. The van der Waals surface area contributed by atoms with Gasteiger partial charge in [0.2, 0.25) is 0 Å². The van der Waals surface area contributed by atoms with E-state index in [9.17, 15) is 4.79 Å². The SMILES string of the molecule is O=C(c1cc(Br)sn1)N1CCN2CCC1CC2. The predicted octanol–water partition coefficient (Wildman–Crippen LogP) is 1.83. The summed E-state index contributed by atoms with van der Waals surface area (Å²) in [5.41, 5.74) is 0.585. The Morgan fingerprint density at radius 1 is 1.35 bits per heavy atom. The zero-order chi connectivity index (χ0) is 11.8. The summed E-state index contributed by atoms with van der Waals surface area (Å²) in [7, 11) is 0. The summed E-state index contributed by atoms with van der Waals surface area (Å²) in [5.74, 6) is 0.0979. The number of nitrogens with zero attached hydrogens (tertiary/aromatic N) is 3. The van der Waals surface area contributed by atoms with Crippen LogP contribution in [0.1, 0.15) is 23.3 Å². The summed E-state index contributed by atoms with van der Waals surface area (Å²) in [5, 5.41) is 0. The minimum absolute atomic E-state index is 0.0979. The van der Waals surface area contributed by atoms with E-state index >= 15 is 0 Å². The molecule has 3 aliphatic rings. The maximum absolute atomic E-state index is 12.4. The summed E-state index contributed by atoms with van der Waals surface area (Å²) < 4.78 is 5.11. The minimum atomic E-state index is 0.0979. The van der Waals surface area contributed by atoms with Gasteiger partial charge in [0, 0.05) is 32.2 Å². The first-order valence-corrected chi connectivity index (χ1v) is 7.46. The lowest BCUT2D eigenvalue weighted by Crippen LogP contribution is -2.41. The minimum Gasteiger partial charge on any atom is -0.333 e. The van der Waals surface area contributed by atoms with Crippen molar-refractivity contribution in [1.82, 2.24) is 14.2 Å². The van der Waals surface area contributed by atoms with Gasteiger partial charge >= 0.3 is 0 Å². The van der Waals surface area contributed by atoms with E-state index in [0.29, 0.717) is 11.7 Å². The molecule has 0 N–H and O–H groups in total. The third kappa shape index (κ3) is 2.26. The van der Waals surface area contributed by atoms with Crippen LogP contribution in [0.5, 0.6) is 0 Å². The topological polar surface area (TPSA) is 36.4 Å². The van der Waals surface area contributed by atoms with E-state index in [1.54, 1.807) is 0 Å². The number of carbonyl (C=O) groups excluding carboxylic acids is 1. The smallest absolute Gasteiger partial charge is 0.273 e. The molecule has 0 unspecified atom stereocenters. The fraction of sp³-hybridized carbons (Fsp3) is 0.636. The first kappa shape index (κ1) is 11.6. The quantitative estimate of drug-likeness (QED) is 0.793. The first-order valence-electron chi connectivity index (χ1n) is 5.89. The maximum Gasteiger partial charge on any atom is 0.273 e. The van der Waals surface area contributed by atoms with Gasteiger partial charge in [0.1, 0.15) is 5.69 Å². The average Bonchev–Trinajstić information content (AvgIpc) is 2.58. The van der Waals surface area contributed by atoms with Crippen molar-refractivity contribution >= 4 is 33.4 Å². The molecule has 6 heteroatoms. The number of rotatable bonds is 1. The fourth-order valence-corrected chi connectivity index (χ4v) is 3.57. The van der Waals surface area contributed by atoms with E-state index < -0.39 is 0 Å². The van der Waals surface area contributed by atoms with Gasteiger partial charge in [-0.25, -0.2) is 0 Å². The summed E-state index contributed by atoms with van der Waals surface area (Å²) in [6.07, 6.45) is 2.22. The predicted molar refractivity (Wildman–Crippen MR) is 70.3 cm³/mol. The molecule has 3 fully saturated rings. The molecule has 92 valence electrons. The molecule has 4 nitrogen and oxygen atoms in total. The lowest BCUT2D eigenvalue weighted by molar-refractivity contribution is 0.0680. The van der Waals surface area contributed by atoms with Crippen LogP contribution in [0.2, 0.25) is 0 Å². The highest BCUT2D eigenvalue weighted by molar-refractivity contribution is 9.11. The largest absolute Gasteiger partial charge is 0.333 e. The number of carbonyl (C=O) groups is 1. The van der Waals surface area contributed by atoms with Crippen molar-refractivity contribution in [3.63, 3.8) is 0 Å². The molecule has 0 radical (unpaired) electrons. The van der Waals surface area contributed by atoms with Crippen molar-refractivity contribution in [2.45, 2.75) is 18.9 Å². The highest BCUT2D eigenvalue weighted by atomic mass is 79.9. The number of amides is 1. The van der Waals surface area contributed by atoms with Crippen molar-refractivity contribution in [1.29, 1.82) is 0 Å². The molecule has 4 heterocycles. The number of halogens is 1. The highest BCUT2D eigenvalue weighted by Gasteiger charge is 2.32. The van der Waals surface area contributed by atoms with Gasteiger partial charge in [-0.05, 0) is 46.4 Å². The van der Waals surface area contributed by atoms with E-state index in [1.165, 1.54) is 11.5 Å². The molecule has 1 aromatic rings. The van der Waals surface area contributed by atoms with Crippen LogP contribution in [-0.2, 0) is 0 Å². The zero-order valence-corrected chi connectivity index (χ0v) is 11.8. The van der Waals surface area contributed by atoms with Crippen LogP contribution in [0.25, 0.3) is 0 Å². The van der Waals surface area contributed by atoms with E-state index in [-0.39, 0.29) is 5.91 Å². The van der Waals surface area contributed by atoms with E-state index in [0.717, 1.165) is 42.8 Å². The van der Waals surface area contributed by atoms with E-state index in [4.69, 9.17) is 0 Å². The molecule has 0 aromatic carbocycles. The van der Waals surface area contributed by atoms with Gasteiger partial charge in [0.05, 0.1) is 3.79 Å². The Labute approximate surface area is 113 Å². The monoisotopic (exact) mass is 315 g/mol. The van der Waals surface area contributed by atoms with Crippen LogP contribution in [0.4, 0.5) is 0 Å². The Bertz CT molecular complexity index is 428. The molecule has 0 atom stereocenters. The second-order valence-corrected chi connectivity index (χ2v) is 6.77. The number of fused-ring (bicyclic) bond motifs is 4. The Morgan fingerprint density at radius 2 is 2.12 bits per heavy atom. The Morgan fingerprint density at radius 3 is 2.76 bits per heavy atom. The molecule has 1 amide bonds. The first-order chi connectivity index (χ1) is 8.24. The van der Waals surface area contributed by atoms with Crippen molar-refractivity contribution in [3.8, 4) is 0 Å².